The molecule has 2 aliphatic rings. The maximum absolute atomic E-state index is 11.9. The molecule has 1 atom stereocenters. The Hall–Kier alpha value is -3.03. The van der Waals surface area contributed by atoms with E-state index in [0.717, 1.165) is 29.1 Å². The molecule has 4 rings (SSSR count). The number of likely N-dealkylation sites (tertiary alicyclic amines) is 1. The lowest BCUT2D eigenvalue weighted by atomic mass is 10.0. The fraction of sp³-hybridized carbons (Fsp3) is 0.450. The zero-order chi connectivity index (χ0) is 19.7. The van der Waals surface area contributed by atoms with Crippen molar-refractivity contribution in [1.29, 1.82) is 0 Å². The molecular formula is C20H24N6O2. The fourth-order valence-electron chi connectivity index (χ4n) is 3.77. The van der Waals surface area contributed by atoms with Gasteiger partial charge in [-0.05, 0) is 25.0 Å². The molecule has 0 aliphatic carbocycles. The third-order valence-electron chi connectivity index (χ3n) is 5.40. The molecule has 0 radical (unpaired) electrons. The topological polar surface area (TPSA) is 91.3 Å². The second-order valence-corrected chi connectivity index (χ2v) is 7.41. The van der Waals surface area contributed by atoms with E-state index in [1.54, 1.807) is 29.1 Å². The lowest BCUT2D eigenvalue weighted by molar-refractivity contribution is -0.132. The normalized spacial score (nSPS) is 19.4. The molecule has 0 bridgehead atoms. The Bertz CT molecular complexity index is 901. The van der Waals surface area contributed by atoms with Gasteiger partial charge in [-0.25, -0.2) is 9.97 Å². The molecule has 0 spiro atoms. The Balaban J connectivity index is 1.69. The summed E-state index contributed by atoms with van der Waals surface area (Å²) in [7, 11) is 1.83. The van der Waals surface area contributed by atoms with Crippen LogP contribution in [0, 0.1) is 0 Å². The van der Waals surface area contributed by atoms with Crippen molar-refractivity contribution in [2.75, 3.05) is 25.5 Å². The first-order valence-corrected chi connectivity index (χ1v) is 9.57. The van der Waals surface area contributed by atoms with Crippen LogP contribution in [0.3, 0.4) is 0 Å². The third kappa shape index (κ3) is 3.67. The van der Waals surface area contributed by atoms with Crippen LogP contribution in [0.2, 0.25) is 0 Å². The molecule has 28 heavy (non-hydrogen) atoms. The number of likely N-dealkylation sites (N-methyl/N-ethyl adjacent to an activating group) is 1. The second-order valence-electron chi connectivity index (χ2n) is 7.41. The van der Waals surface area contributed by atoms with Crippen molar-refractivity contribution in [3.8, 4) is 11.4 Å². The summed E-state index contributed by atoms with van der Waals surface area (Å²) >= 11 is 0. The Kier molecular flexibility index (Phi) is 4.93. The van der Waals surface area contributed by atoms with Crippen LogP contribution in [0.4, 0.5) is 5.82 Å². The van der Waals surface area contributed by atoms with Crippen LogP contribution in [-0.2, 0) is 22.6 Å². The first-order valence-electron chi connectivity index (χ1n) is 9.57. The number of rotatable bonds is 3. The van der Waals surface area contributed by atoms with Crippen molar-refractivity contribution in [2.24, 2.45) is 0 Å². The number of carbonyl (C=O) groups is 2. The van der Waals surface area contributed by atoms with E-state index in [2.05, 4.69) is 10.3 Å². The van der Waals surface area contributed by atoms with E-state index in [-0.39, 0.29) is 17.9 Å². The zero-order valence-electron chi connectivity index (χ0n) is 16.2. The summed E-state index contributed by atoms with van der Waals surface area (Å²) < 4.78 is 0. The molecule has 2 aliphatic heterocycles. The maximum Gasteiger partial charge on any atom is 0.222 e. The molecule has 0 saturated carbocycles. The molecule has 8 nitrogen and oxygen atoms in total. The van der Waals surface area contributed by atoms with E-state index in [1.807, 2.05) is 19.2 Å². The van der Waals surface area contributed by atoms with Gasteiger partial charge in [-0.2, -0.15) is 0 Å². The van der Waals surface area contributed by atoms with E-state index in [1.165, 1.54) is 0 Å². The summed E-state index contributed by atoms with van der Waals surface area (Å²) in [6.07, 6.45) is 5.49. The number of amides is 2. The Labute approximate surface area is 164 Å². The van der Waals surface area contributed by atoms with Crippen molar-refractivity contribution in [2.45, 2.75) is 38.8 Å². The minimum absolute atomic E-state index is 0.0501. The number of pyridine rings is 1. The van der Waals surface area contributed by atoms with Crippen molar-refractivity contribution >= 4 is 17.6 Å². The molecule has 1 saturated heterocycles. The number of carbonyl (C=O) groups excluding carboxylic acids is 2. The molecule has 1 fully saturated rings. The summed E-state index contributed by atoms with van der Waals surface area (Å²) in [5, 5.41) is 3.55. The van der Waals surface area contributed by atoms with Gasteiger partial charge < -0.3 is 15.1 Å². The van der Waals surface area contributed by atoms with Crippen LogP contribution in [0.1, 0.15) is 31.0 Å². The molecule has 0 aromatic carbocycles. The number of aromatic nitrogens is 3. The minimum atomic E-state index is 0.0501. The van der Waals surface area contributed by atoms with E-state index in [9.17, 15) is 9.59 Å². The summed E-state index contributed by atoms with van der Waals surface area (Å²) in [5.74, 6) is 1.63. The molecule has 2 aromatic rings. The van der Waals surface area contributed by atoms with Gasteiger partial charge in [0.25, 0.3) is 0 Å². The molecule has 0 unspecified atom stereocenters. The predicted octanol–water partition coefficient (Wildman–Crippen LogP) is 1.48. The molecule has 146 valence electrons. The van der Waals surface area contributed by atoms with Gasteiger partial charge in [0.2, 0.25) is 11.8 Å². The number of piperidine rings is 1. The average Bonchev–Trinajstić information content (AvgIpc) is 2.71. The first-order chi connectivity index (χ1) is 13.5. The quantitative estimate of drug-likeness (QED) is 0.867. The van der Waals surface area contributed by atoms with Crippen LogP contribution in [0.25, 0.3) is 11.4 Å². The molecule has 1 N–H and O–H groups in total. The van der Waals surface area contributed by atoms with Gasteiger partial charge >= 0.3 is 0 Å². The minimum Gasteiger partial charge on any atom is -0.365 e. The van der Waals surface area contributed by atoms with Gasteiger partial charge in [0, 0.05) is 63.0 Å². The average molecular weight is 380 g/mol. The summed E-state index contributed by atoms with van der Waals surface area (Å²) in [6.45, 7) is 3.38. The van der Waals surface area contributed by atoms with Crippen LogP contribution < -0.4 is 5.32 Å². The Morgan fingerprint density at radius 2 is 2.14 bits per heavy atom. The number of hydrogen-bond donors (Lipinski definition) is 1. The SMILES string of the molecule is CC(=O)N1CCc2c(nc(-c3cccnc3)nc2N[C@H]2CCC(=O)N(C)C2)C1. The lowest BCUT2D eigenvalue weighted by Gasteiger charge is -2.33. The van der Waals surface area contributed by atoms with Gasteiger partial charge in [-0.3, -0.25) is 14.6 Å². The van der Waals surface area contributed by atoms with Crippen LogP contribution in [-0.4, -0.2) is 62.7 Å². The highest BCUT2D eigenvalue weighted by molar-refractivity contribution is 5.77. The van der Waals surface area contributed by atoms with Gasteiger partial charge in [-0.15, -0.1) is 0 Å². The van der Waals surface area contributed by atoms with Gasteiger partial charge in [0.15, 0.2) is 5.82 Å². The Morgan fingerprint density at radius 1 is 1.29 bits per heavy atom. The van der Waals surface area contributed by atoms with E-state index >= 15 is 0 Å². The number of anilines is 1. The number of nitrogens with one attached hydrogen (secondary N) is 1. The van der Waals surface area contributed by atoms with E-state index in [4.69, 9.17) is 9.97 Å². The molecule has 2 amide bonds. The van der Waals surface area contributed by atoms with Gasteiger partial charge in [-0.1, -0.05) is 0 Å². The third-order valence-corrected chi connectivity index (χ3v) is 5.40. The van der Waals surface area contributed by atoms with Crippen LogP contribution in [0.5, 0.6) is 0 Å². The fourth-order valence-corrected chi connectivity index (χ4v) is 3.77. The number of fused-ring (bicyclic) bond motifs is 1. The van der Waals surface area contributed by atoms with Crippen molar-refractivity contribution in [1.82, 2.24) is 24.8 Å². The molecule has 2 aromatic heterocycles. The van der Waals surface area contributed by atoms with Crippen molar-refractivity contribution < 1.29 is 9.59 Å². The molecule has 8 heteroatoms. The largest absolute Gasteiger partial charge is 0.365 e. The predicted molar refractivity (Wildman–Crippen MR) is 104 cm³/mol. The summed E-state index contributed by atoms with van der Waals surface area (Å²) in [6, 6.07) is 3.93. The second kappa shape index (κ2) is 7.53. The van der Waals surface area contributed by atoms with E-state index < -0.39 is 0 Å². The van der Waals surface area contributed by atoms with Gasteiger partial charge in [0.05, 0.1) is 12.2 Å². The molecule has 4 heterocycles. The molecular weight excluding hydrogens is 356 g/mol. The van der Waals surface area contributed by atoms with Crippen LogP contribution >= 0.6 is 0 Å². The smallest absolute Gasteiger partial charge is 0.222 e. The Morgan fingerprint density at radius 3 is 2.86 bits per heavy atom. The zero-order valence-corrected chi connectivity index (χ0v) is 16.2. The van der Waals surface area contributed by atoms with E-state index in [0.29, 0.717) is 38.3 Å². The number of hydrogen-bond acceptors (Lipinski definition) is 6. The number of nitrogens with zero attached hydrogens (tertiary/aromatic N) is 5. The summed E-state index contributed by atoms with van der Waals surface area (Å²) in [4.78, 5) is 40.9. The summed E-state index contributed by atoms with van der Waals surface area (Å²) in [5.41, 5.74) is 2.77. The highest BCUT2D eigenvalue weighted by Crippen LogP contribution is 2.28. The maximum atomic E-state index is 11.9. The highest BCUT2D eigenvalue weighted by Gasteiger charge is 2.27. The standard InChI is InChI=1S/C20H24N6O2/c1-13(27)26-9-7-16-17(12-26)23-19(14-4-3-8-21-10-14)24-20(16)22-15-5-6-18(28)25(2)11-15/h3-4,8,10,15H,5-7,9,11-12H2,1-2H3,(H,22,23,24)/t15-/m0/s1. The van der Waals surface area contributed by atoms with Crippen molar-refractivity contribution in [3.63, 3.8) is 0 Å². The van der Waals surface area contributed by atoms with Gasteiger partial charge in [0.1, 0.15) is 5.82 Å². The lowest BCUT2D eigenvalue weighted by Crippen LogP contribution is -2.43. The first kappa shape index (κ1) is 18.3. The van der Waals surface area contributed by atoms with Crippen LogP contribution in [0.15, 0.2) is 24.5 Å². The highest BCUT2D eigenvalue weighted by atomic mass is 16.2. The monoisotopic (exact) mass is 380 g/mol. The van der Waals surface area contributed by atoms with Crippen molar-refractivity contribution in [3.05, 3.63) is 35.8 Å².